The standard InChI is InChI=1S/C18H19ClN2O2S2/c19-11-6-8-12(9-7-11)24-10-2-5-15(22)21-18-16(17(20)23)13-3-1-4-14(13)25-18/h6-9H,1-5,10H2,(H2,20,23)(H,21,22). The number of aryl methyl sites for hydroxylation is 1. The minimum Gasteiger partial charge on any atom is -0.365 e. The largest absolute Gasteiger partial charge is 0.365 e. The molecule has 0 saturated carbocycles. The van der Waals surface area contributed by atoms with E-state index in [1.54, 1.807) is 11.8 Å². The minimum atomic E-state index is -0.451. The predicted molar refractivity (Wildman–Crippen MR) is 105 cm³/mol. The Morgan fingerprint density at radius 1 is 1.24 bits per heavy atom. The average Bonchev–Trinajstić information content (AvgIpc) is 3.13. The molecule has 0 fully saturated rings. The van der Waals surface area contributed by atoms with Gasteiger partial charge in [0.25, 0.3) is 5.91 Å². The zero-order valence-electron chi connectivity index (χ0n) is 13.6. The van der Waals surface area contributed by atoms with E-state index in [4.69, 9.17) is 17.3 Å². The van der Waals surface area contributed by atoms with Crippen molar-refractivity contribution in [1.82, 2.24) is 0 Å². The van der Waals surface area contributed by atoms with Gasteiger partial charge >= 0.3 is 0 Å². The van der Waals surface area contributed by atoms with Gasteiger partial charge in [-0.3, -0.25) is 9.59 Å². The van der Waals surface area contributed by atoms with Crippen molar-refractivity contribution in [3.8, 4) is 0 Å². The first kappa shape index (κ1) is 18.3. The van der Waals surface area contributed by atoms with Gasteiger partial charge in [-0.15, -0.1) is 23.1 Å². The molecule has 1 heterocycles. The first-order valence-corrected chi connectivity index (χ1v) is 10.3. The number of rotatable bonds is 7. The number of benzene rings is 1. The van der Waals surface area contributed by atoms with Crippen molar-refractivity contribution in [2.75, 3.05) is 11.1 Å². The molecule has 0 unspecified atom stereocenters. The summed E-state index contributed by atoms with van der Waals surface area (Å²) >= 11 is 9.05. The van der Waals surface area contributed by atoms with Crippen LogP contribution in [0.4, 0.5) is 5.00 Å². The van der Waals surface area contributed by atoms with E-state index in [9.17, 15) is 9.59 Å². The van der Waals surface area contributed by atoms with Crippen molar-refractivity contribution in [3.63, 3.8) is 0 Å². The van der Waals surface area contributed by atoms with Gasteiger partial charge in [0, 0.05) is 21.2 Å². The molecule has 0 saturated heterocycles. The summed E-state index contributed by atoms with van der Waals surface area (Å²) < 4.78 is 0. The van der Waals surface area contributed by atoms with E-state index in [0.29, 0.717) is 17.0 Å². The lowest BCUT2D eigenvalue weighted by atomic mass is 10.1. The SMILES string of the molecule is NC(=O)c1c(NC(=O)CCCSc2ccc(Cl)cc2)sc2c1CCC2. The van der Waals surface area contributed by atoms with Gasteiger partial charge in [0.1, 0.15) is 5.00 Å². The molecule has 2 amide bonds. The fourth-order valence-electron chi connectivity index (χ4n) is 2.90. The monoisotopic (exact) mass is 394 g/mol. The van der Waals surface area contributed by atoms with E-state index >= 15 is 0 Å². The van der Waals surface area contributed by atoms with E-state index in [0.717, 1.165) is 46.9 Å². The molecule has 1 aromatic carbocycles. The minimum absolute atomic E-state index is 0.0703. The number of hydrogen-bond acceptors (Lipinski definition) is 4. The number of thiophene rings is 1. The zero-order valence-corrected chi connectivity index (χ0v) is 16.0. The number of fused-ring (bicyclic) bond motifs is 1. The van der Waals surface area contributed by atoms with Crippen LogP contribution in [0.15, 0.2) is 29.2 Å². The Labute approximate surface area is 160 Å². The molecule has 0 aliphatic heterocycles. The molecule has 0 bridgehead atoms. The first-order valence-electron chi connectivity index (χ1n) is 8.17. The van der Waals surface area contributed by atoms with Crippen molar-refractivity contribution in [3.05, 3.63) is 45.3 Å². The second kappa shape index (κ2) is 8.25. The molecule has 3 N–H and O–H groups in total. The van der Waals surface area contributed by atoms with Crippen LogP contribution in [0.3, 0.4) is 0 Å². The molecule has 1 aliphatic carbocycles. The second-order valence-electron chi connectivity index (χ2n) is 5.88. The maximum absolute atomic E-state index is 12.2. The number of halogens is 1. The van der Waals surface area contributed by atoms with Crippen LogP contribution in [-0.2, 0) is 17.6 Å². The average molecular weight is 395 g/mol. The van der Waals surface area contributed by atoms with E-state index in [1.807, 2.05) is 24.3 Å². The highest BCUT2D eigenvalue weighted by atomic mass is 35.5. The van der Waals surface area contributed by atoms with Gasteiger partial charge in [-0.1, -0.05) is 11.6 Å². The fourth-order valence-corrected chi connectivity index (χ4v) is 5.19. The fraction of sp³-hybridized carbons (Fsp3) is 0.333. The first-order chi connectivity index (χ1) is 12.0. The number of carbonyl (C=O) groups is 2. The van der Waals surface area contributed by atoms with Gasteiger partial charge in [0.05, 0.1) is 5.56 Å². The summed E-state index contributed by atoms with van der Waals surface area (Å²) in [5.41, 5.74) is 7.06. The van der Waals surface area contributed by atoms with Gasteiger partial charge in [-0.25, -0.2) is 0 Å². The Bertz CT molecular complexity index is 787. The maximum atomic E-state index is 12.2. The van der Waals surface area contributed by atoms with Gasteiger partial charge in [-0.05, 0) is 61.3 Å². The van der Waals surface area contributed by atoms with Crippen LogP contribution in [0.25, 0.3) is 0 Å². The quantitative estimate of drug-likeness (QED) is 0.536. The van der Waals surface area contributed by atoms with Crippen LogP contribution in [0.2, 0.25) is 5.02 Å². The number of primary amides is 1. The third kappa shape index (κ3) is 4.57. The summed E-state index contributed by atoms with van der Waals surface area (Å²) in [7, 11) is 0. The summed E-state index contributed by atoms with van der Waals surface area (Å²) in [6.45, 7) is 0. The summed E-state index contributed by atoms with van der Waals surface area (Å²) in [6.07, 6.45) is 4.07. The molecular weight excluding hydrogens is 376 g/mol. The Hall–Kier alpha value is -1.50. The third-order valence-electron chi connectivity index (χ3n) is 4.05. The molecule has 4 nitrogen and oxygen atoms in total. The molecule has 1 aliphatic rings. The molecule has 1 aromatic heterocycles. The Balaban J connectivity index is 1.50. The molecule has 132 valence electrons. The van der Waals surface area contributed by atoms with Crippen molar-refractivity contribution in [1.29, 1.82) is 0 Å². The van der Waals surface area contributed by atoms with E-state index < -0.39 is 5.91 Å². The highest BCUT2D eigenvalue weighted by Crippen LogP contribution is 2.38. The van der Waals surface area contributed by atoms with Crippen molar-refractivity contribution >= 4 is 51.5 Å². The van der Waals surface area contributed by atoms with Crippen LogP contribution in [-0.4, -0.2) is 17.6 Å². The van der Waals surface area contributed by atoms with Crippen LogP contribution < -0.4 is 11.1 Å². The highest BCUT2D eigenvalue weighted by Gasteiger charge is 2.25. The lowest BCUT2D eigenvalue weighted by molar-refractivity contribution is -0.116. The van der Waals surface area contributed by atoms with Crippen LogP contribution in [0, 0.1) is 0 Å². The van der Waals surface area contributed by atoms with Gasteiger partial charge in [0.2, 0.25) is 5.91 Å². The third-order valence-corrected chi connectivity index (χ3v) is 6.61. The number of hydrogen-bond donors (Lipinski definition) is 2. The Kier molecular flexibility index (Phi) is 6.04. The van der Waals surface area contributed by atoms with Gasteiger partial charge in [0.15, 0.2) is 0 Å². The van der Waals surface area contributed by atoms with Crippen molar-refractivity contribution in [2.45, 2.75) is 37.0 Å². The second-order valence-corrected chi connectivity index (χ2v) is 8.59. The topological polar surface area (TPSA) is 72.2 Å². The van der Waals surface area contributed by atoms with E-state index in [2.05, 4.69) is 5.32 Å². The number of amides is 2. The summed E-state index contributed by atoms with van der Waals surface area (Å²) in [4.78, 5) is 26.2. The lowest BCUT2D eigenvalue weighted by Gasteiger charge is -2.06. The Morgan fingerprint density at radius 2 is 2.00 bits per heavy atom. The lowest BCUT2D eigenvalue weighted by Crippen LogP contribution is -2.17. The summed E-state index contributed by atoms with van der Waals surface area (Å²) in [5.74, 6) is 0.325. The van der Waals surface area contributed by atoms with Gasteiger partial charge < -0.3 is 11.1 Å². The number of nitrogens with one attached hydrogen (secondary N) is 1. The van der Waals surface area contributed by atoms with Crippen LogP contribution >= 0.6 is 34.7 Å². The summed E-state index contributed by atoms with van der Waals surface area (Å²) in [5, 5.41) is 4.22. The smallest absolute Gasteiger partial charge is 0.251 e. The number of thioether (sulfide) groups is 1. The van der Waals surface area contributed by atoms with Crippen LogP contribution in [0.1, 0.15) is 40.1 Å². The number of carbonyl (C=O) groups excluding carboxylic acids is 2. The molecule has 3 rings (SSSR count). The van der Waals surface area contributed by atoms with Crippen molar-refractivity contribution < 1.29 is 9.59 Å². The number of nitrogens with two attached hydrogens (primary N) is 1. The normalized spacial score (nSPS) is 12.8. The molecule has 25 heavy (non-hydrogen) atoms. The molecule has 0 spiro atoms. The van der Waals surface area contributed by atoms with Gasteiger partial charge in [-0.2, -0.15) is 0 Å². The molecule has 0 radical (unpaired) electrons. The zero-order chi connectivity index (χ0) is 17.8. The molecule has 7 heteroatoms. The molecular formula is C18H19ClN2O2S2. The van der Waals surface area contributed by atoms with E-state index in [1.165, 1.54) is 16.2 Å². The van der Waals surface area contributed by atoms with E-state index in [-0.39, 0.29) is 5.91 Å². The number of anilines is 1. The predicted octanol–water partition coefficient (Wildman–Crippen LogP) is 4.50. The molecule has 0 atom stereocenters. The van der Waals surface area contributed by atoms with Crippen molar-refractivity contribution in [2.24, 2.45) is 5.73 Å². The maximum Gasteiger partial charge on any atom is 0.251 e. The summed E-state index contributed by atoms with van der Waals surface area (Å²) in [6, 6.07) is 7.66. The molecule has 2 aromatic rings. The Morgan fingerprint density at radius 3 is 2.72 bits per heavy atom. The van der Waals surface area contributed by atoms with Crippen LogP contribution in [0.5, 0.6) is 0 Å². The highest BCUT2D eigenvalue weighted by molar-refractivity contribution is 7.99.